The first kappa shape index (κ1) is 12.6. The lowest BCUT2D eigenvalue weighted by atomic mass is 9.88. The predicted molar refractivity (Wildman–Crippen MR) is 60.5 cm³/mol. The van der Waals surface area contributed by atoms with Crippen LogP contribution in [0.2, 0.25) is 0 Å². The smallest absolute Gasteiger partial charge is 0.0200 e. The standard InChI is InChI=1S/C13H24/c1-6-8-12(4)13(5)10-9-11(3)7-2/h11-13H,7,9-10H2,1-5H3. The molecule has 0 fully saturated rings. The third kappa shape index (κ3) is 5.75. The van der Waals surface area contributed by atoms with Crippen LogP contribution < -0.4 is 0 Å². The van der Waals surface area contributed by atoms with E-state index in [1.54, 1.807) is 0 Å². The van der Waals surface area contributed by atoms with Crippen LogP contribution >= 0.6 is 0 Å². The Bertz CT molecular complexity index is 170. The van der Waals surface area contributed by atoms with Crippen molar-refractivity contribution >= 4 is 0 Å². The van der Waals surface area contributed by atoms with Crippen LogP contribution in [0.3, 0.4) is 0 Å². The summed E-state index contributed by atoms with van der Waals surface area (Å²) in [6, 6.07) is 0. The van der Waals surface area contributed by atoms with Gasteiger partial charge in [0.25, 0.3) is 0 Å². The molecule has 0 rings (SSSR count). The van der Waals surface area contributed by atoms with Gasteiger partial charge in [-0.1, -0.05) is 40.5 Å². The molecule has 13 heavy (non-hydrogen) atoms. The molecule has 0 aromatic rings. The van der Waals surface area contributed by atoms with E-state index < -0.39 is 0 Å². The van der Waals surface area contributed by atoms with E-state index in [9.17, 15) is 0 Å². The highest BCUT2D eigenvalue weighted by Gasteiger charge is 2.10. The molecule has 0 radical (unpaired) electrons. The second-order valence-electron chi connectivity index (χ2n) is 4.25. The molecule has 0 amide bonds. The first-order valence-electron chi connectivity index (χ1n) is 5.54. The Labute approximate surface area is 84.1 Å². The highest BCUT2D eigenvalue weighted by atomic mass is 14.1. The molecule has 0 heteroatoms. The van der Waals surface area contributed by atoms with Gasteiger partial charge in [0.05, 0.1) is 0 Å². The third-order valence-electron chi connectivity index (χ3n) is 3.04. The fourth-order valence-electron chi connectivity index (χ4n) is 1.37. The summed E-state index contributed by atoms with van der Waals surface area (Å²) in [5, 5.41) is 0. The summed E-state index contributed by atoms with van der Waals surface area (Å²) >= 11 is 0. The fourth-order valence-corrected chi connectivity index (χ4v) is 1.37. The first-order valence-corrected chi connectivity index (χ1v) is 5.54. The molecular formula is C13H24. The van der Waals surface area contributed by atoms with E-state index in [-0.39, 0.29) is 0 Å². The molecule has 0 bridgehead atoms. The number of hydrogen-bond donors (Lipinski definition) is 0. The minimum Gasteiger partial charge on any atom is -0.106 e. The number of hydrogen-bond acceptors (Lipinski definition) is 0. The molecule has 0 saturated heterocycles. The Balaban J connectivity index is 3.71. The Morgan fingerprint density at radius 1 is 1.08 bits per heavy atom. The molecule has 0 aliphatic carbocycles. The van der Waals surface area contributed by atoms with Gasteiger partial charge in [-0.3, -0.25) is 0 Å². The maximum atomic E-state index is 3.24. The molecule has 0 saturated carbocycles. The van der Waals surface area contributed by atoms with Crippen molar-refractivity contribution in [2.75, 3.05) is 0 Å². The van der Waals surface area contributed by atoms with Crippen LogP contribution in [-0.4, -0.2) is 0 Å². The van der Waals surface area contributed by atoms with E-state index in [1.165, 1.54) is 19.3 Å². The maximum Gasteiger partial charge on any atom is 0.0200 e. The Hall–Kier alpha value is -0.440. The van der Waals surface area contributed by atoms with Gasteiger partial charge in [0.2, 0.25) is 0 Å². The minimum atomic E-state index is 0.564. The van der Waals surface area contributed by atoms with Gasteiger partial charge >= 0.3 is 0 Å². The lowest BCUT2D eigenvalue weighted by molar-refractivity contribution is 0.377. The van der Waals surface area contributed by atoms with Crippen molar-refractivity contribution in [2.45, 2.75) is 53.9 Å². The summed E-state index contributed by atoms with van der Waals surface area (Å²) in [6.45, 7) is 11.1. The second kappa shape index (κ2) is 7.01. The van der Waals surface area contributed by atoms with Crippen LogP contribution in [0.4, 0.5) is 0 Å². The van der Waals surface area contributed by atoms with E-state index >= 15 is 0 Å². The summed E-state index contributed by atoms with van der Waals surface area (Å²) in [5.74, 6) is 8.43. The van der Waals surface area contributed by atoms with Crippen molar-refractivity contribution in [1.29, 1.82) is 0 Å². The Morgan fingerprint density at radius 3 is 2.15 bits per heavy atom. The molecule has 0 nitrogen and oxygen atoms in total. The van der Waals surface area contributed by atoms with Crippen LogP contribution in [0.5, 0.6) is 0 Å². The van der Waals surface area contributed by atoms with Crippen molar-refractivity contribution in [1.82, 2.24) is 0 Å². The largest absolute Gasteiger partial charge is 0.106 e. The van der Waals surface area contributed by atoms with Crippen LogP contribution in [0.1, 0.15) is 53.9 Å². The average molecular weight is 180 g/mol. The molecule has 76 valence electrons. The summed E-state index contributed by atoms with van der Waals surface area (Å²) in [6.07, 6.45) is 3.98. The number of rotatable bonds is 5. The van der Waals surface area contributed by atoms with Crippen molar-refractivity contribution in [3.63, 3.8) is 0 Å². The van der Waals surface area contributed by atoms with Gasteiger partial charge in [-0.15, -0.1) is 11.8 Å². The van der Waals surface area contributed by atoms with Crippen molar-refractivity contribution in [2.24, 2.45) is 17.8 Å². The zero-order valence-electron chi connectivity index (χ0n) is 9.85. The summed E-state index contributed by atoms with van der Waals surface area (Å²) in [5.41, 5.74) is 0. The van der Waals surface area contributed by atoms with E-state index in [1.807, 2.05) is 6.92 Å². The molecule has 0 spiro atoms. The highest BCUT2D eigenvalue weighted by Crippen LogP contribution is 2.20. The predicted octanol–water partition coefficient (Wildman–Crippen LogP) is 4.11. The zero-order chi connectivity index (χ0) is 10.3. The van der Waals surface area contributed by atoms with Gasteiger partial charge in [0.1, 0.15) is 0 Å². The normalized spacial score (nSPS) is 17.0. The Kier molecular flexibility index (Phi) is 6.77. The summed E-state index contributed by atoms with van der Waals surface area (Å²) in [4.78, 5) is 0. The Morgan fingerprint density at radius 2 is 1.69 bits per heavy atom. The van der Waals surface area contributed by atoms with Crippen LogP contribution in [0.25, 0.3) is 0 Å². The van der Waals surface area contributed by atoms with Gasteiger partial charge in [-0.2, -0.15) is 0 Å². The SMILES string of the molecule is CC#CC(C)C(C)CCC(C)CC. The average Bonchev–Trinajstić information content (AvgIpc) is 2.13. The minimum absolute atomic E-state index is 0.564. The molecule has 3 unspecified atom stereocenters. The van der Waals surface area contributed by atoms with E-state index in [4.69, 9.17) is 0 Å². The zero-order valence-corrected chi connectivity index (χ0v) is 9.85. The van der Waals surface area contributed by atoms with Crippen LogP contribution in [0.15, 0.2) is 0 Å². The van der Waals surface area contributed by atoms with Crippen molar-refractivity contribution < 1.29 is 0 Å². The van der Waals surface area contributed by atoms with Gasteiger partial charge in [-0.25, -0.2) is 0 Å². The van der Waals surface area contributed by atoms with Crippen molar-refractivity contribution in [3.8, 4) is 11.8 Å². The summed E-state index contributed by atoms with van der Waals surface area (Å²) < 4.78 is 0. The molecule has 3 atom stereocenters. The first-order chi connectivity index (χ1) is 6.11. The molecule has 0 aliphatic rings. The maximum absolute atomic E-state index is 3.24. The molecule has 0 N–H and O–H groups in total. The van der Waals surface area contributed by atoms with Gasteiger partial charge in [-0.05, 0) is 25.2 Å². The van der Waals surface area contributed by atoms with E-state index in [0.29, 0.717) is 5.92 Å². The van der Waals surface area contributed by atoms with Gasteiger partial charge in [0.15, 0.2) is 0 Å². The lowest BCUT2D eigenvalue weighted by Gasteiger charge is -2.16. The topological polar surface area (TPSA) is 0 Å². The van der Waals surface area contributed by atoms with E-state index in [2.05, 4.69) is 39.5 Å². The van der Waals surface area contributed by atoms with Gasteiger partial charge in [0, 0.05) is 5.92 Å². The molecular weight excluding hydrogens is 156 g/mol. The molecule has 0 heterocycles. The lowest BCUT2D eigenvalue weighted by Crippen LogP contribution is -2.07. The monoisotopic (exact) mass is 180 g/mol. The second-order valence-corrected chi connectivity index (χ2v) is 4.25. The van der Waals surface area contributed by atoms with E-state index in [0.717, 1.165) is 11.8 Å². The van der Waals surface area contributed by atoms with Crippen molar-refractivity contribution in [3.05, 3.63) is 0 Å². The third-order valence-corrected chi connectivity index (χ3v) is 3.04. The summed E-state index contributed by atoms with van der Waals surface area (Å²) in [7, 11) is 0. The van der Waals surface area contributed by atoms with Gasteiger partial charge < -0.3 is 0 Å². The highest BCUT2D eigenvalue weighted by molar-refractivity contribution is 5.00. The molecule has 0 aromatic carbocycles. The van der Waals surface area contributed by atoms with Crippen LogP contribution in [0, 0.1) is 29.6 Å². The molecule has 0 aliphatic heterocycles. The molecule has 0 aromatic heterocycles. The fraction of sp³-hybridized carbons (Fsp3) is 0.846. The quantitative estimate of drug-likeness (QED) is 0.559. The van der Waals surface area contributed by atoms with Crippen LogP contribution in [-0.2, 0) is 0 Å².